The van der Waals surface area contributed by atoms with Crippen LogP contribution in [0.25, 0.3) is 109 Å². The van der Waals surface area contributed by atoms with Gasteiger partial charge in [0.2, 0.25) is 0 Å². The molecule has 0 heterocycles. The predicted molar refractivity (Wildman–Crippen MR) is 224 cm³/mol. The van der Waals surface area contributed by atoms with Crippen molar-refractivity contribution in [1.29, 1.82) is 0 Å². The first kappa shape index (κ1) is 29.0. The third-order valence-corrected chi connectivity index (χ3v) is 11.2. The Bertz CT molecular complexity index is 3140. The van der Waals surface area contributed by atoms with Gasteiger partial charge in [-0.1, -0.05) is 182 Å². The molecule has 0 aliphatic rings. The Morgan fingerprint density at radius 1 is 0.212 bits per heavy atom. The number of rotatable bonds is 4. The molecule has 0 spiro atoms. The molecule has 0 aromatic heterocycles. The molecule has 0 fully saturated rings. The zero-order chi connectivity index (χ0) is 34.2. The zero-order valence-electron chi connectivity index (χ0n) is 28.5. The molecule has 52 heavy (non-hydrogen) atoms. The van der Waals surface area contributed by atoms with Gasteiger partial charge in [0.25, 0.3) is 0 Å². The van der Waals surface area contributed by atoms with E-state index in [4.69, 9.17) is 0 Å². The summed E-state index contributed by atoms with van der Waals surface area (Å²) in [5.74, 6) is 0. The van der Waals surface area contributed by atoms with Crippen molar-refractivity contribution in [2.24, 2.45) is 0 Å². The van der Waals surface area contributed by atoms with Gasteiger partial charge in [0, 0.05) is 0 Å². The van der Waals surface area contributed by atoms with Gasteiger partial charge >= 0.3 is 0 Å². The van der Waals surface area contributed by atoms with E-state index in [1.807, 2.05) is 0 Å². The van der Waals surface area contributed by atoms with Gasteiger partial charge in [-0.3, -0.25) is 0 Å². The van der Waals surface area contributed by atoms with Crippen molar-refractivity contribution >= 4 is 64.6 Å². The second kappa shape index (κ2) is 11.4. The monoisotopic (exact) mass is 656 g/mol. The van der Waals surface area contributed by atoms with Gasteiger partial charge in [0.05, 0.1) is 0 Å². The summed E-state index contributed by atoms with van der Waals surface area (Å²) in [4.78, 5) is 0. The minimum Gasteiger partial charge on any atom is -0.0622 e. The molecule has 0 unspecified atom stereocenters. The molecule has 0 radical (unpaired) electrons. The highest BCUT2D eigenvalue weighted by molar-refractivity contribution is 6.26. The smallest absolute Gasteiger partial charge is 0.00206 e. The Morgan fingerprint density at radius 2 is 0.673 bits per heavy atom. The van der Waals surface area contributed by atoms with Crippen LogP contribution < -0.4 is 0 Å². The lowest BCUT2D eigenvalue weighted by Crippen LogP contribution is -1.92. The first-order valence-corrected chi connectivity index (χ1v) is 18.1. The van der Waals surface area contributed by atoms with Crippen molar-refractivity contribution in [2.45, 2.75) is 0 Å². The van der Waals surface area contributed by atoms with E-state index < -0.39 is 0 Å². The minimum absolute atomic E-state index is 1.22. The van der Waals surface area contributed by atoms with Gasteiger partial charge in [-0.25, -0.2) is 0 Å². The quantitative estimate of drug-likeness (QED) is 0.131. The summed E-state index contributed by atoms with van der Waals surface area (Å²) in [6.07, 6.45) is 0. The first-order valence-electron chi connectivity index (χ1n) is 18.1. The van der Waals surface area contributed by atoms with Crippen molar-refractivity contribution in [3.05, 3.63) is 194 Å². The van der Waals surface area contributed by atoms with Crippen LogP contribution in [0.2, 0.25) is 0 Å². The fourth-order valence-electron chi connectivity index (χ4n) is 8.86. The van der Waals surface area contributed by atoms with Gasteiger partial charge in [-0.05, 0) is 121 Å². The number of hydrogen-bond acceptors (Lipinski definition) is 0. The summed E-state index contributed by atoms with van der Waals surface area (Å²) in [5, 5.41) is 15.5. The molecule has 0 bridgehead atoms. The van der Waals surface area contributed by atoms with Crippen molar-refractivity contribution in [3.8, 4) is 44.5 Å². The summed E-state index contributed by atoms with van der Waals surface area (Å²) in [6.45, 7) is 0. The van der Waals surface area contributed by atoms with Crippen molar-refractivity contribution in [3.63, 3.8) is 0 Å². The normalized spacial score (nSPS) is 11.8. The molecule has 0 nitrogen and oxygen atoms in total. The van der Waals surface area contributed by atoms with E-state index in [1.54, 1.807) is 0 Å². The summed E-state index contributed by atoms with van der Waals surface area (Å²) in [5.41, 5.74) is 10.00. The summed E-state index contributed by atoms with van der Waals surface area (Å²) in [7, 11) is 0. The maximum atomic E-state index is 2.44. The fraction of sp³-hybridized carbons (Fsp3) is 0. The van der Waals surface area contributed by atoms with E-state index in [0.29, 0.717) is 0 Å². The number of benzene rings is 11. The molecule has 0 aliphatic carbocycles. The molecule has 0 aliphatic heterocycles. The Hall–Kier alpha value is -6.76. The maximum absolute atomic E-state index is 2.44. The number of fused-ring (bicyclic) bond motifs is 3. The molecule has 240 valence electrons. The molecule has 0 heteroatoms. The van der Waals surface area contributed by atoms with Crippen LogP contribution in [-0.2, 0) is 0 Å². The van der Waals surface area contributed by atoms with Crippen LogP contribution in [0.3, 0.4) is 0 Å². The Labute approximate surface area is 302 Å². The molecule has 11 rings (SSSR count). The highest BCUT2D eigenvalue weighted by atomic mass is 14.2. The largest absolute Gasteiger partial charge is 0.0622 e. The highest BCUT2D eigenvalue weighted by Crippen LogP contribution is 2.46. The molecule has 0 saturated carbocycles. The highest BCUT2D eigenvalue weighted by Gasteiger charge is 2.18. The average Bonchev–Trinajstić information content (AvgIpc) is 3.22. The topological polar surface area (TPSA) is 0 Å². The van der Waals surface area contributed by atoms with Gasteiger partial charge in [0.1, 0.15) is 0 Å². The van der Waals surface area contributed by atoms with Crippen LogP contribution in [-0.4, -0.2) is 0 Å². The Balaban J connectivity index is 1.17. The van der Waals surface area contributed by atoms with Gasteiger partial charge in [-0.15, -0.1) is 0 Å². The molecule has 0 saturated heterocycles. The summed E-state index contributed by atoms with van der Waals surface area (Å²) < 4.78 is 0. The van der Waals surface area contributed by atoms with Gasteiger partial charge in [-0.2, -0.15) is 0 Å². The lowest BCUT2D eigenvalue weighted by molar-refractivity contribution is 1.64. The lowest BCUT2D eigenvalue weighted by atomic mass is 9.84. The molecular formula is C52H32. The second-order valence-electron chi connectivity index (χ2n) is 14.0. The van der Waals surface area contributed by atoms with Crippen LogP contribution in [0.5, 0.6) is 0 Å². The average molecular weight is 657 g/mol. The predicted octanol–water partition coefficient (Wildman–Crippen LogP) is 14.7. The van der Waals surface area contributed by atoms with Crippen LogP contribution >= 0.6 is 0 Å². The van der Waals surface area contributed by atoms with Gasteiger partial charge < -0.3 is 0 Å². The Kier molecular flexibility index (Phi) is 6.35. The molecule has 11 aromatic carbocycles. The van der Waals surface area contributed by atoms with Crippen molar-refractivity contribution in [1.82, 2.24) is 0 Å². The third-order valence-electron chi connectivity index (χ3n) is 11.2. The van der Waals surface area contributed by atoms with E-state index in [-0.39, 0.29) is 0 Å². The van der Waals surface area contributed by atoms with E-state index in [1.165, 1.54) is 109 Å². The van der Waals surface area contributed by atoms with Crippen LogP contribution in [0.1, 0.15) is 0 Å². The Morgan fingerprint density at radius 3 is 1.38 bits per heavy atom. The summed E-state index contributed by atoms with van der Waals surface area (Å²) in [6, 6.07) is 71.9. The van der Waals surface area contributed by atoms with Crippen LogP contribution in [0.4, 0.5) is 0 Å². The molecule has 11 aromatic rings. The third kappa shape index (κ3) is 4.35. The van der Waals surface area contributed by atoms with Gasteiger partial charge in [0.15, 0.2) is 0 Å². The van der Waals surface area contributed by atoms with Crippen molar-refractivity contribution in [2.75, 3.05) is 0 Å². The van der Waals surface area contributed by atoms with Crippen LogP contribution in [0.15, 0.2) is 194 Å². The van der Waals surface area contributed by atoms with E-state index in [0.717, 1.165) is 0 Å². The van der Waals surface area contributed by atoms with Crippen LogP contribution in [0, 0.1) is 0 Å². The summed E-state index contributed by atoms with van der Waals surface area (Å²) >= 11 is 0. The first-order chi connectivity index (χ1) is 25.8. The number of hydrogen-bond donors (Lipinski definition) is 0. The molecule has 0 atom stereocenters. The molecular weight excluding hydrogens is 625 g/mol. The molecule has 0 amide bonds. The van der Waals surface area contributed by atoms with E-state index in [2.05, 4.69) is 194 Å². The molecule has 0 N–H and O–H groups in total. The van der Waals surface area contributed by atoms with E-state index in [9.17, 15) is 0 Å². The lowest BCUT2D eigenvalue weighted by Gasteiger charge is -2.19. The van der Waals surface area contributed by atoms with E-state index >= 15 is 0 Å². The maximum Gasteiger partial charge on any atom is -0.00206 e. The fourth-order valence-corrected chi connectivity index (χ4v) is 8.86. The minimum atomic E-state index is 1.22. The van der Waals surface area contributed by atoms with Crippen molar-refractivity contribution < 1.29 is 0 Å². The second-order valence-corrected chi connectivity index (χ2v) is 14.0. The zero-order valence-corrected chi connectivity index (χ0v) is 28.5. The standard InChI is InChI=1S/C52H32/c1-3-11-34(12-4-1)50-43-18-7-8-19-44(43)51(35-13-5-2-6-14-35)48-32-40(27-30-46(48)50)41-20-10-15-33-21-24-39(31-47(33)41)42-28-25-38-23-22-36-16-9-17-37-26-29-45(42)52(38)49(36)37/h1-32H. The SMILES string of the molecule is c1ccc(-c2c3ccccc3c(-c3ccccc3)c3cc(-c4cccc5ccc(-c6ccc7ccc8cccc9ccc6c7c89)cc45)ccc23)cc1.